The van der Waals surface area contributed by atoms with Gasteiger partial charge in [-0.1, -0.05) is 12.2 Å². The molecule has 0 atom stereocenters. The quantitative estimate of drug-likeness (QED) is 0.773. The summed E-state index contributed by atoms with van der Waals surface area (Å²) in [5.74, 6) is -0.104. The summed E-state index contributed by atoms with van der Waals surface area (Å²) in [5, 5.41) is 12.3. The molecule has 2 rings (SSSR count). The summed E-state index contributed by atoms with van der Waals surface area (Å²) in [7, 11) is 0. The lowest BCUT2D eigenvalue weighted by atomic mass is 9.78. The molecule has 3 heteroatoms. The molecule has 0 saturated heterocycles. The minimum absolute atomic E-state index is 0.104. The van der Waals surface area contributed by atoms with Crippen molar-refractivity contribution in [1.29, 1.82) is 5.26 Å². The molecule has 0 aromatic carbocycles. The van der Waals surface area contributed by atoms with E-state index in [2.05, 4.69) is 11.4 Å². The van der Waals surface area contributed by atoms with E-state index in [0.29, 0.717) is 12.0 Å². The van der Waals surface area contributed by atoms with Gasteiger partial charge in [-0.25, -0.2) is 4.39 Å². The highest BCUT2D eigenvalue weighted by molar-refractivity contribution is 5.34. The van der Waals surface area contributed by atoms with Crippen molar-refractivity contribution >= 4 is 0 Å². The molecule has 0 spiro atoms. The van der Waals surface area contributed by atoms with Crippen LogP contribution in [0.5, 0.6) is 0 Å². The van der Waals surface area contributed by atoms with E-state index < -0.39 is 5.54 Å². The van der Waals surface area contributed by atoms with Crippen LogP contribution in [0.4, 0.5) is 4.39 Å². The van der Waals surface area contributed by atoms with Crippen molar-refractivity contribution in [3.63, 3.8) is 0 Å². The van der Waals surface area contributed by atoms with Crippen LogP contribution < -0.4 is 5.32 Å². The summed E-state index contributed by atoms with van der Waals surface area (Å²) in [6, 6.07) is 2.31. The van der Waals surface area contributed by atoms with Gasteiger partial charge < -0.3 is 5.32 Å². The van der Waals surface area contributed by atoms with Crippen LogP contribution in [0.25, 0.3) is 0 Å². The van der Waals surface area contributed by atoms with Gasteiger partial charge in [0, 0.05) is 12.1 Å². The van der Waals surface area contributed by atoms with Crippen molar-refractivity contribution in [1.82, 2.24) is 5.32 Å². The molecule has 16 heavy (non-hydrogen) atoms. The summed E-state index contributed by atoms with van der Waals surface area (Å²) in [4.78, 5) is 0. The Balaban J connectivity index is 2.08. The number of rotatable bonds is 2. The van der Waals surface area contributed by atoms with Gasteiger partial charge in [-0.15, -0.1) is 0 Å². The maximum Gasteiger partial charge on any atom is 0.125 e. The highest BCUT2D eigenvalue weighted by Gasteiger charge is 2.37. The number of halogens is 1. The van der Waals surface area contributed by atoms with Gasteiger partial charge in [-0.2, -0.15) is 5.26 Å². The van der Waals surface area contributed by atoms with Gasteiger partial charge in [0.2, 0.25) is 0 Å². The van der Waals surface area contributed by atoms with Crippen molar-refractivity contribution in [2.45, 2.75) is 38.1 Å². The van der Waals surface area contributed by atoms with E-state index in [-0.39, 0.29) is 5.83 Å². The van der Waals surface area contributed by atoms with Crippen LogP contribution in [-0.4, -0.2) is 5.54 Å². The van der Waals surface area contributed by atoms with Crippen molar-refractivity contribution in [3.05, 3.63) is 35.3 Å². The fraction of sp³-hybridized carbons (Fsp3) is 0.462. The summed E-state index contributed by atoms with van der Waals surface area (Å²) in [5.41, 5.74) is 1.10. The fourth-order valence-electron chi connectivity index (χ4n) is 1.90. The van der Waals surface area contributed by atoms with Crippen molar-refractivity contribution in [2.75, 3.05) is 0 Å². The van der Waals surface area contributed by atoms with E-state index in [4.69, 9.17) is 5.26 Å². The monoisotopic (exact) mass is 218 g/mol. The zero-order valence-electron chi connectivity index (χ0n) is 9.39. The predicted octanol–water partition coefficient (Wildman–Crippen LogP) is 3.11. The molecule has 0 aromatic rings. The van der Waals surface area contributed by atoms with Crippen molar-refractivity contribution in [3.8, 4) is 6.07 Å². The van der Waals surface area contributed by atoms with E-state index in [0.717, 1.165) is 25.0 Å². The van der Waals surface area contributed by atoms with Gasteiger partial charge in [0.15, 0.2) is 0 Å². The molecule has 1 N–H and O–H groups in total. The lowest BCUT2D eigenvalue weighted by Gasteiger charge is -2.37. The molecule has 0 unspecified atom stereocenters. The Morgan fingerprint density at radius 1 is 1.44 bits per heavy atom. The van der Waals surface area contributed by atoms with Gasteiger partial charge in [0.05, 0.1) is 6.07 Å². The van der Waals surface area contributed by atoms with Crippen LogP contribution in [-0.2, 0) is 0 Å². The summed E-state index contributed by atoms with van der Waals surface area (Å²) in [6.45, 7) is 1.76. The Bertz CT molecular complexity index is 420. The second-order valence-corrected chi connectivity index (χ2v) is 4.46. The van der Waals surface area contributed by atoms with Crippen molar-refractivity contribution < 1.29 is 4.39 Å². The van der Waals surface area contributed by atoms with Crippen LogP contribution in [0, 0.1) is 11.3 Å². The van der Waals surface area contributed by atoms with Crippen LogP contribution >= 0.6 is 0 Å². The molecule has 2 aliphatic carbocycles. The number of allylic oxidation sites excluding steroid dienone is 5. The lowest BCUT2D eigenvalue weighted by Crippen LogP contribution is -2.48. The minimum atomic E-state index is -0.412. The highest BCUT2D eigenvalue weighted by Crippen LogP contribution is 2.32. The van der Waals surface area contributed by atoms with Crippen LogP contribution in [0.1, 0.15) is 32.6 Å². The van der Waals surface area contributed by atoms with E-state index in [1.165, 1.54) is 0 Å². The first-order valence-corrected chi connectivity index (χ1v) is 5.58. The summed E-state index contributed by atoms with van der Waals surface area (Å²) >= 11 is 0. The van der Waals surface area contributed by atoms with Crippen LogP contribution in [0.3, 0.4) is 0 Å². The number of nitriles is 1. The molecule has 2 aliphatic rings. The number of nitrogens with zero attached hydrogens (tertiary/aromatic N) is 1. The second-order valence-electron chi connectivity index (χ2n) is 4.46. The van der Waals surface area contributed by atoms with E-state index in [9.17, 15) is 4.39 Å². The molecule has 0 bridgehead atoms. The zero-order valence-corrected chi connectivity index (χ0v) is 9.39. The number of nitrogens with one attached hydrogen (secondary N) is 1. The highest BCUT2D eigenvalue weighted by atomic mass is 19.1. The first kappa shape index (κ1) is 10.9. The first-order chi connectivity index (χ1) is 7.65. The van der Waals surface area contributed by atoms with Gasteiger partial charge in [-0.05, 0) is 37.8 Å². The van der Waals surface area contributed by atoms with Gasteiger partial charge in [0.25, 0.3) is 0 Å². The SMILES string of the molecule is CC1=C(F)CC=C(NC2(C#N)CCC2)C=C1. The molecule has 2 nitrogen and oxygen atoms in total. The summed E-state index contributed by atoms with van der Waals surface area (Å²) in [6.07, 6.45) is 8.56. The largest absolute Gasteiger partial charge is 0.368 e. The van der Waals surface area contributed by atoms with Crippen LogP contribution in [0.2, 0.25) is 0 Å². The molecule has 1 saturated carbocycles. The third-order valence-corrected chi connectivity index (χ3v) is 3.25. The van der Waals surface area contributed by atoms with E-state index in [1.807, 2.05) is 6.08 Å². The summed E-state index contributed by atoms with van der Waals surface area (Å²) < 4.78 is 13.3. The third kappa shape index (κ3) is 2.01. The lowest BCUT2D eigenvalue weighted by molar-refractivity contribution is 0.278. The Hall–Kier alpha value is -1.56. The number of hydrogen-bond acceptors (Lipinski definition) is 2. The van der Waals surface area contributed by atoms with Gasteiger partial charge >= 0.3 is 0 Å². The Morgan fingerprint density at radius 3 is 2.75 bits per heavy atom. The van der Waals surface area contributed by atoms with E-state index in [1.54, 1.807) is 19.1 Å². The third-order valence-electron chi connectivity index (χ3n) is 3.25. The average Bonchev–Trinajstić information content (AvgIpc) is 2.38. The van der Waals surface area contributed by atoms with Gasteiger partial charge in [0.1, 0.15) is 11.4 Å². The average molecular weight is 218 g/mol. The predicted molar refractivity (Wildman–Crippen MR) is 61.0 cm³/mol. The minimum Gasteiger partial charge on any atom is -0.368 e. The molecule has 0 aromatic heterocycles. The first-order valence-electron chi connectivity index (χ1n) is 5.58. The fourth-order valence-corrected chi connectivity index (χ4v) is 1.90. The molecule has 1 fully saturated rings. The van der Waals surface area contributed by atoms with Crippen LogP contribution in [0.15, 0.2) is 35.3 Å². The maximum absolute atomic E-state index is 13.3. The Kier molecular flexibility index (Phi) is 2.82. The zero-order chi connectivity index (χ0) is 11.6. The molecular formula is C13H15FN2. The molecule has 0 amide bonds. The topological polar surface area (TPSA) is 35.8 Å². The molecular weight excluding hydrogens is 203 g/mol. The molecule has 0 radical (unpaired) electrons. The maximum atomic E-state index is 13.3. The van der Waals surface area contributed by atoms with Crippen molar-refractivity contribution in [2.24, 2.45) is 0 Å². The second kappa shape index (κ2) is 4.13. The van der Waals surface area contributed by atoms with E-state index >= 15 is 0 Å². The smallest absolute Gasteiger partial charge is 0.125 e. The van der Waals surface area contributed by atoms with Gasteiger partial charge in [-0.3, -0.25) is 0 Å². The Labute approximate surface area is 95.1 Å². The normalized spacial score (nSPS) is 22.9. The Morgan fingerprint density at radius 2 is 2.19 bits per heavy atom. The standard InChI is InChI=1S/C13H15FN2/c1-10-3-4-11(5-6-12(10)14)16-13(9-15)7-2-8-13/h3-5,16H,2,6-8H2,1H3. The number of hydrogen-bond donors (Lipinski definition) is 1. The molecule has 0 aliphatic heterocycles. The molecule has 84 valence electrons. The molecule has 0 heterocycles.